The average Bonchev–Trinajstić information content (AvgIpc) is 2.96. The highest BCUT2D eigenvalue weighted by molar-refractivity contribution is 7.45. The average molecular weight is 554 g/mol. The number of carboxylic acids is 1. The van der Waals surface area contributed by atoms with Gasteiger partial charge in [-0.1, -0.05) is 11.6 Å². The number of phosphoric acid groups is 2. The van der Waals surface area contributed by atoms with Crippen LogP contribution in [0.4, 0.5) is 0 Å². The summed E-state index contributed by atoms with van der Waals surface area (Å²) in [7, 11) is -7.74. The monoisotopic (exact) mass is 553 g/mol. The van der Waals surface area contributed by atoms with Crippen LogP contribution in [0.3, 0.4) is 0 Å². The van der Waals surface area contributed by atoms with E-state index in [0.29, 0.717) is 38.5 Å². The molecule has 1 aromatic heterocycles. The first-order valence-corrected chi connectivity index (χ1v) is 12.7. The maximum absolute atomic E-state index is 13.0. The van der Waals surface area contributed by atoms with Crippen molar-refractivity contribution < 1.29 is 57.9 Å². The molecule has 0 aliphatic rings. The molecular formula is C19H22ClNO12P2. The summed E-state index contributed by atoms with van der Waals surface area (Å²) in [6, 6.07) is 11.9. The third-order valence-corrected chi connectivity index (χ3v) is 4.42. The van der Waals surface area contributed by atoms with Gasteiger partial charge in [-0.3, -0.25) is 14.2 Å². The van der Waals surface area contributed by atoms with E-state index in [9.17, 15) is 14.7 Å². The molecule has 0 aliphatic carbocycles. The second kappa shape index (κ2) is 12.4. The molecule has 0 radical (unpaired) electrons. The molecule has 13 nitrogen and oxygen atoms in total. The Kier molecular flexibility index (Phi) is 10.8. The molecule has 2 aromatic carbocycles. The number of aliphatic carboxylic acids is 1. The number of ether oxygens (including phenoxy) is 1. The SMILES string of the molecule is COc1ccc2c(c1)c(CC(=O)O)c(C)n2C(=O)c1ccc(Cl)cc1.O=P(O)(O)O.O=P(O)(O)O. The Morgan fingerprint density at radius 1 is 0.943 bits per heavy atom. The lowest BCUT2D eigenvalue weighted by Gasteiger charge is -2.08. The third-order valence-electron chi connectivity index (χ3n) is 4.16. The van der Waals surface area contributed by atoms with Gasteiger partial charge < -0.3 is 39.2 Å². The van der Waals surface area contributed by atoms with Crippen LogP contribution >= 0.6 is 27.2 Å². The number of hydrogen-bond donors (Lipinski definition) is 7. The molecule has 1 heterocycles. The van der Waals surface area contributed by atoms with Gasteiger partial charge in [0.15, 0.2) is 0 Å². The Hall–Kier alpha value is -2.57. The number of hydrogen-bond acceptors (Lipinski definition) is 5. The number of benzene rings is 2. The molecular weight excluding hydrogens is 532 g/mol. The molecule has 16 heteroatoms. The van der Waals surface area contributed by atoms with E-state index in [4.69, 9.17) is 54.8 Å². The van der Waals surface area contributed by atoms with E-state index < -0.39 is 21.6 Å². The van der Waals surface area contributed by atoms with Crippen LogP contribution in [0.15, 0.2) is 42.5 Å². The van der Waals surface area contributed by atoms with Crippen molar-refractivity contribution in [3.05, 3.63) is 64.3 Å². The number of methoxy groups -OCH3 is 1. The van der Waals surface area contributed by atoms with Gasteiger partial charge in [0.25, 0.3) is 5.91 Å². The van der Waals surface area contributed by atoms with E-state index in [1.165, 1.54) is 4.57 Å². The molecule has 7 N–H and O–H groups in total. The summed E-state index contributed by atoms with van der Waals surface area (Å²) in [6.45, 7) is 1.75. The molecule has 0 unspecified atom stereocenters. The van der Waals surface area contributed by atoms with Crippen molar-refractivity contribution in [1.82, 2.24) is 4.57 Å². The van der Waals surface area contributed by atoms with Crippen molar-refractivity contribution in [1.29, 1.82) is 0 Å². The van der Waals surface area contributed by atoms with Gasteiger partial charge in [0.2, 0.25) is 0 Å². The van der Waals surface area contributed by atoms with Crippen LogP contribution in [-0.2, 0) is 20.3 Å². The van der Waals surface area contributed by atoms with E-state index in [-0.39, 0.29) is 12.3 Å². The Balaban J connectivity index is 0.000000519. The van der Waals surface area contributed by atoms with Gasteiger partial charge in [-0.2, -0.15) is 0 Å². The van der Waals surface area contributed by atoms with Crippen molar-refractivity contribution in [2.75, 3.05) is 7.11 Å². The summed E-state index contributed by atoms with van der Waals surface area (Å²) in [5, 5.41) is 10.5. The lowest BCUT2D eigenvalue weighted by Crippen LogP contribution is -2.14. The molecule has 0 atom stereocenters. The molecule has 0 spiro atoms. The van der Waals surface area contributed by atoms with Crippen LogP contribution < -0.4 is 4.74 Å². The van der Waals surface area contributed by atoms with E-state index in [1.807, 2.05) is 0 Å². The molecule has 0 saturated carbocycles. The van der Waals surface area contributed by atoms with E-state index >= 15 is 0 Å². The minimum Gasteiger partial charge on any atom is -0.497 e. The van der Waals surface area contributed by atoms with Gasteiger partial charge in [-0.05, 0) is 55.0 Å². The Morgan fingerprint density at radius 2 is 1.43 bits per heavy atom. The van der Waals surface area contributed by atoms with Crippen molar-refractivity contribution in [2.24, 2.45) is 0 Å². The number of carbonyl (C=O) groups is 2. The summed E-state index contributed by atoms with van der Waals surface area (Å²) in [5.74, 6) is -0.583. The fourth-order valence-electron chi connectivity index (χ4n) is 2.95. The van der Waals surface area contributed by atoms with Crippen molar-refractivity contribution in [3.63, 3.8) is 0 Å². The molecule has 0 bridgehead atoms. The van der Waals surface area contributed by atoms with Crippen molar-refractivity contribution >= 4 is 50.0 Å². The predicted molar refractivity (Wildman–Crippen MR) is 124 cm³/mol. The van der Waals surface area contributed by atoms with Gasteiger partial charge in [-0.25, -0.2) is 9.13 Å². The van der Waals surface area contributed by atoms with Gasteiger partial charge >= 0.3 is 21.6 Å². The first kappa shape index (κ1) is 30.5. The van der Waals surface area contributed by atoms with Crippen molar-refractivity contribution in [3.8, 4) is 5.75 Å². The number of rotatable bonds is 4. The highest BCUT2D eigenvalue weighted by Gasteiger charge is 2.21. The smallest absolute Gasteiger partial charge is 0.466 e. The van der Waals surface area contributed by atoms with E-state index in [0.717, 1.165) is 0 Å². The van der Waals surface area contributed by atoms with Crippen LogP contribution in [0.25, 0.3) is 10.9 Å². The topological polar surface area (TPSA) is 224 Å². The fraction of sp³-hybridized carbons (Fsp3) is 0.158. The highest BCUT2D eigenvalue weighted by atomic mass is 35.5. The van der Waals surface area contributed by atoms with Gasteiger partial charge in [0.05, 0.1) is 19.0 Å². The summed E-state index contributed by atoms with van der Waals surface area (Å²) in [4.78, 5) is 67.4. The highest BCUT2D eigenvalue weighted by Crippen LogP contribution is 2.31. The normalized spacial score (nSPS) is 11.1. The number of fused-ring (bicyclic) bond motifs is 1. The van der Waals surface area contributed by atoms with Crippen LogP contribution in [0, 0.1) is 6.92 Å². The molecule has 0 saturated heterocycles. The third kappa shape index (κ3) is 10.7. The molecule has 0 aliphatic heterocycles. The first-order chi connectivity index (χ1) is 15.9. The van der Waals surface area contributed by atoms with Crippen LogP contribution in [0.1, 0.15) is 21.6 Å². The van der Waals surface area contributed by atoms with Gasteiger partial charge in [0.1, 0.15) is 5.75 Å². The fourth-order valence-corrected chi connectivity index (χ4v) is 3.07. The largest absolute Gasteiger partial charge is 0.497 e. The Bertz CT molecular complexity index is 1260. The zero-order valence-corrected chi connectivity index (χ0v) is 20.7. The molecule has 3 rings (SSSR count). The lowest BCUT2D eigenvalue weighted by atomic mass is 10.1. The molecule has 35 heavy (non-hydrogen) atoms. The molecule has 0 amide bonds. The quantitative estimate of drug-likeness (QED) is 0.230. The summed E-state index contributed by atoms with van der Waals surface area (Å²) < 4.78 is 24.5. The summed E-state index contributed by atoms with van der Waals surface area (Å²) in [5.41, 5.74) is 2.32. The predicted octanol–water partition coefficient (Wildman–Crippen LogP) is 2.07. The second-order valence-corrected chi connectivity index (χ2v) is 9.18. The molecule has 192 valence electrons. The maximum Gasteiger partial charge on any atom is 0.466 e. The number of halogens is 1. The summed E-state index contributed by atoms with van der Waals surface area (Å²) in [6.07, 6.45) is -0.170. The van der Waals surface area contributed by atoms with Crippen LogP contribution in [0.5, 0.6) is 5.75 Å². The number of carbonyl (C=O) groups excluding carboxylic acids is 1. The number of carboxylic acid groups (broad SMARTS) is 1. The zero-order valence-electron chi connectivity index (χ0n) is 18.1. The van der Waals surface area contributed by atoms with Crippen LogP contribution in [-0.4, -0.2) is 58.0 Å². The standard InChI is InChI=1S/C19H16ClNO4.2H3O4P/c1-11-15(10-18(22)23)16-9-14(25-2)7-8-17(16)21(11)19(24)12-3-5-13(20)6-4-12;2*1-5(2,3)4/h3-9H,10H2,1-2H3,(H,22,23);2*(H3,1,2,3,4). The van der Waals surface area contributed by atoms with Gasteiger partial charge in [0, 0.05) is 21.7 Å². The minimum atomic E-state index is -4.64. The van der Waals surface area contributed by atoms with Gasteiger partial charge in [-0.15, -0.1) is 0 Å². The second-order valence-electron chi connectivity index (χ2n) is 6.69. The van der Waals surface area contributed by atoms with E-state index in [2.05, 4.69) is 0 Å². The van der Waals surface area contributed by atoms with Crippen molar-refractivity contribution in [2.45, 2.75) is 13.3 Å². The number of nitrogens with zero attached hydrogens (tertiary/aromatic N) is 1. The van der Waals surface area contributed by atoms with E-state index in [1.54, 1.807) is 56.5 Å². The first-order valence-electron chi connectivity index (χ1n) is 9.19. The number of aromatic nitrogens is 1. The maximum atomic E-state index is 13.0. The molecule has 3 aromatic rings. The zero-order chi connectivity index (χ0) is 27.1. The Morgan fingerprint density at radius 3 is 1.86 bits per heavy atom. The lowest BCUT2D eigenvalue weighted by molar-refractivity contribution is -0.136. The Labute approximate surface area is 203 Å². The summed E-state index contributed by atoms with van der Waals surface area (Å²) >= 11 is 5.89. The van der Waals surface area contributed by atoms with Crippen LogP contribution in [0.2, 0.25) is 5.02 Å². The molecule has 0 fully saturated rings. The minimum absolute atomic E-state index is 0.170.